The van der Waals surface area contributed by atoms with Crippen LogP contribution in [0.3, 0.4) is 0 Å². The van der Waals surface area contributed by atoms with E-state index in [0.29, 0.717) is 25.0 Å². The Morgan fingerprint density at radius 3 is 1.46 bits per heavy atom. The summed E-state index contributed by atoms with van der Waals surface area (Å²) in [5, 5.41) is 0. The van der Waals surface area contributed by atoms with Gasteiger partial charge in [-0.2, -0.15) is 0 Å². The molecular formula is C18H34CuLiO4. The van der Waals surface area contributed by atoms with Crippen LogP contribution < -0.4 is 0 Å². The fourth-order valence-corrected chi connectivity index (χ4v) is 2.23. The summed E-state index contributed by atoms with van der Waals surface area (Å²) in [7, 11) is 0. The van der Waals surface area contributed by atoms with Crippen molar-refractivity contribution in [1.29, 1.82) is 0 Å². The van der Waals surface area contributed by atoms with Crippen molar-refractivity contribution in [3.63, 3.8) is 0 Å². The van der Waals surface area contributed by atoms with Gasteiger partial charge >= 0.3 is 17.1 Å². The van der Waals surface area contributed by atoms with E-state index in [2.05, 4.69) is 13.8 Å². The fourth-order valence-electron chi connectivity index (χ4n) is 2.23. The topological polar surface area (TPSA) is 36.9 Å². The van der Waals surface area contributed by atoms with Gasteiger partial charge in [-0.3, -0.25) is 0 Å². The summed E-state index contributed by atoms with van der Waals surface area (Å²) in [6, 6.07) is 0. The van der Waals surface area contributed by atoms with E-state index in [9.17, 15) is 0 Å². The average molecular weight is 385 g/mol. The van der Waals surface area contributed by atoms with Gasteiger partial charge in [0, 0.05) is 45.3 Å². The van der Waals surface area contributed by atoms with Crippen LogP contribution >= 0.6 is 0 Å². The zero-order chi connectivity index (χ0) is 16.2. The van der Waals surface area contributed by atoms with Crippen LogP contribution in [-0.4, -0.2) is 57.9 Å². The Balaban J connectivity index is 0. The molecule has 2 saturated heterocycles. The maximum absolute atomic E-state index is 5.46. The Kier molecular flexibility index (Phi) is 19.7. The van der Waals surface area contributed by atoms with Crippen LogP contribution in [0.25, 0.3) is 0 Å². The first-order chi connectivity index (χ1) is 10.6. The van der Waals surface area contributed by atoms with E-state index >= 15 is 0 Å². The van der Waals surface area contributed by atoms with Crippen molar-refractivity contribution >= 4 is 18.9 Å². The van der Waals surface area contributed by atoms with Crippen LogP contribution in [0.4, 0.5) is 0 Å². The molecule has 2 aliphatic rings. The molecule has 0 aromatic rings. The summed E-state index contributed by atoms with van der Waals surface area (Å²) in [4.78, 5) is 0. The van der Waals surface area contributed by atoms with Gasteiger partial charge in [-0.1, -0.05) is 13.8 Å². The molecule has 0 saturated carbocycles. The first kappa shape index (κ1) is 27.2. The summed E-state index contributed by atoms with van der Waals surface area (Å²) in [5.74, 6) is 0.723. The van der Waals surface area contributed by atoms with Crippen LogP contribution in [0.15, 0.2) is 0 Å². The van der Waals surface area contributed by atoms with E-state index < -0.39 is 0 Å². The number of rotatable bonds is 6. The Morgan fingerprint density at radius 1 is 0.833 bits per heavy atom. The molecular weight excluding hydrogens is 351 g/mol. The third-order valence-corrected chi connectivity index (χ3v) is 3.41. The smallest absolute Gasteiger partial charge is 0.355 e. The normalized spacial score (nSPS) is 26.0. The summed E-state index contributed by atoms with van der Waals surface area (Å²) in [6.07, 6.45) is 7.02. The molecule has 2 heterocycles. The molecule has 24 heavy (non-hydrogen) atoms. The largest absolute Gasteiger partial charge is 2.00 e. The van der Waals surface area contributed by atoms with E-state index in [1.807, 2.05) is 13.8 Å². The molecule has 0 spiro atoms. The minimum absolute atomic E-state index is 0. The van der Waals surface area contributed by atoms with Crippen molar-refractivity contribution in [2.45, 2.75) is 65.0 Å². The van der Waals surface area contributed by atoms with Gasteiger partial charge in [-0.15, -0.1) is 11.8 Å². The van der Waals surface area contributed by atoms with Gasteiger partial charge in [0.15, 0.2) is 12.6 Å². The molecule has 0 amide bonds. The summed E-state index contributed by atoms with van der Waals surface area (Å²) in [6.45, 7) is 14.9. The zero-order valence-electron chi connectivity index (χ0n) is 15.7. The first-order valence-electron chi connectivity index (χ1n) is 8.70. The molecule has 142 valence electrons. The maximum Gasteiger partial charge on any atom is 2.00 e. The predicted molar refractivity (Wildman–Crippen MR) is 93.9 cm³/mol. The molecule has 0 aliphatic carbocycles. The SMILES string of the molecule is [CH2-]C(C)COC1CCCCO1.[CH2-]C(C)COC1CCCCO1.[Cu+2].[Li]. The van der Waals surface area contributed by atoms with Gasteiger partial charge in [0.05, 0.1) is 0 Å². The molecule has 4 atom stereocenters. The molecule has 2 aliphatic heterocycles. The van der Waals surface area contributed by atoms with E-state index in [-0.39, 0.29) is 48.5 Å². The van der Waals surface area contributed by atoms with Crippen LogP contribution in [0.2, 0.25) is 0 Å². The third-order valence-electron chi connectivity index (χ3n) is 3.41. The van der Waals surface area contributed by atoms with E-state index in [1.165, 1.54) is 25.7 Å². The van der Waals surface area contributed by atoms with Crippen molar-refractivity contribution in [3.05, 3.63) is 13.8 Å². The number of hydrogen-bond acceptors (Lipinski definition) is 4. The predicted octanol–water partition coefficient (Wildman–Crippen LogP) is 3.62. The van der Waals surface area contributed by atoms with Gasteiger partial charge in [-0.25, -0.2) is 0 Å². The quantitative estimate of drug-likeness (QED) is 0.517. The Bertz CT molecular complexity index is 229. The van der Waals surface area contributed by atoms with Crippen molar-refractivity contribution in [2.75, 3.05) is 26.4 Å². The average Bonchev–Trinajstić information content (AvgIpc) is 2.53. The van der Waals surface area contributed by atoms with Crippen molar-refractivity contribution in [3.8, 4) is 0 Å². The van der Waals surface area contributed by atoms with Crippen LogP contribution in [0.5, 0.6) is 0 Å². The van der Waals surface area contributed by atoms with E-state index in [1.54, 1.807) is 0 Å². The molecule has 2 rings (SSSR count). The monoisotopic (exact) mass is 384 g/mol. The van der Waals surface area contributed by atoms with Gasteiger partial charge in [0.1, 0.15) is 0 Å². The molecule has 2 fully saturated rings. The van der Waals surface area contributed by atoms with E-state index in [0.717, 1.165) is 26.1 Å². The molecule has 6 heteroatoms. The molecule has 0 N–H and O–H groups in total. The summed E-state index contributed by atoms with van der Waals surface area (Å²) >= 11 is 0. The molecule has 0 bridgehead atoms. The standard InChI is InChI=1S/2C9H17O2.Cu.Li/c2*1-8(2)7-11-9-5-3-4-6-10-9;;/h2*8-9H,1,3-7H2,2H3;;/q2*-1;+2;. The molecule has 0 aromatic heterocycles. The zero-order valence-corrected chi connectivity index (χ0v) is 16.7. The second-order valence-corrected chi connectivity index (χ2v) is 6.47. The van der Waals surface area contributed by atoms with Crippen LogP contribution in [-0.2, 0) is 36.0 Å². The minimum Gasteiger partial charge on any atom is -0.355 e. The Hall–Kier alpha value is 0.957. The Labute approximate surface area is 171 Å². The third kappa shape index (κ3) is 15.2. The van der Waals surface area contributed by atoms with Crippen LogP contribution in [0.1, 0.15) is 52.4 Å². The summed E-state index contributed by atoms with van der Waals surface area (Å²) < 4.78 is 21.7. The minimum atomic E-state index is 0. The van der Waals surface area contributed by atoms with Crippen molar-refractivity contribution < 1.29 is 36.0 Å². The van der Waals surface area contributed by atoms with Gasteiger partial charge in [-0.05, 0) is 38.5 Å². The fraction of sp³-hybridized carbons (Fsp3) is 0.889. The first-order valence-corrected chi connectivity index (χ1v) is 8.70. The molecule has 2 radical (unpaired) electrons. The second kappa shape index (κ2) is 17.4. The Morgan fingerprint density at radius 2 is 1.21 bits per heavy atom. The van der Waals surface area contributed by atoms with Crippen molar-refractivity contribution in [2.24, 2.45) is 11.8 Å². The molecule has 4 nitrogen and oxygen atoms in total. The van der Waals surface area contributed by atoms with Crippen molar-refractivity contribution in [1.82, 2.24) is 0 Å². The van der Waals surface area contributed by atoms with E-state index in [4.69, 9.17) is 18.9 Å². The van der Waals surface area contributed by atoms with Gasteiger partial charge in [0.25, 0.3) is 0 Å². The summed E-state index contributed by atoms with van der Waals surface area (Å²) in [5.41, 5.74) is 0. The molecule has 4 unspecified atom stereocenters. The number of ether oxygens (including phenoxy) is 4. The van der Waals surface area contributed by atoms with Gasteiger partial charge in [0.2, 0.25) is 0 Å². The molecule has 0 aromatic carbocycles. The maximum atomic E-state index is 5.46. The van der Waals surface area contributed by atoms with Gasteiger partial charge < -0.3 is 32.8 Å². The second-order valence-electron chi connectivity index (χ2n) is 6.47. The van der Waals surface area contributed by atoms with Crippen LogP contribution in [0, 0.1) is 25.7 Å². The number of hydrogen-bond donors (Lipinski definition) is 0.